The molecule has 24 heavy (non-hydrogen) atoms. The van der Waals surface area contributed by atoms with Crippen molar-refractivity contribution in [2.45, 2.75) is 32.2 Å². The first-order valence-corrected chi connectivity index (χ1v) is 7.60. The van der Waals surface area contributed by atoms with Crippen molar-refractivity contribution in [2.24, 2.45) is 0 Å². The molecule has 1 aromatic heterocycles. The summed E-state index contributed by atoms with van der Waals surface area (Å²) in [6.45, 7) is 3.76. The summed E-state index contributed by atoms with van der Waals surface area (Å²) in [5.74, 6) is -1.85. The van der Waals surface area contributed by atoms with Gasteiger partial charge in [0, 0.05) is 12.0 Å². The largest absolute Gasteiger partial charge is 0.481 e. The highest BCUT2D eigenvalue weighted by molar-refractivity contribution is 6.30. The van der Waals surface area contributed by atoms with Gasteiger partial charge in [0.1, 0.15) is 11.6 Å². The van der Waals surface area contributed by atoms with Gasteiger partial charge < -0.3 is 14.9 Å². The molecule has 0 saturated heterocycles. The summed E-state index contributed by atoms with van der Waals surface area (Å²) in [5, 5.41) is 15.1. The van der Waals surface area contributed by atoms with E-state index in [1.165, 1.54) is 18.2 Å². The quantitative estimate of drug-likeness (QED) is 0.827. The lowest BCUT2D eigenvalue weighted by Crippen LogP contribution is -2.30. The lowest BCUT2D eigenvalue weighted by molar-refractivity contribution is -0.137. The van der Waals surface area contributed by atoms with E-state index in [9.17, 15) is 14.0 Å². The third-order valence-corrected chi connectivity index (χ3v) is 3.67. The zero-order chi connectivity index (χ0) is 17.9. The normalized spacial score (nSPS) is 12.2. The number of halogens is 2. The SMILES string of the molecule is CC(C)c1cc(C(=O)NC(CC(=O)O)c2ccc(Cl)c(F)c2)no1. The molecular formula is C16H16ClFN2O4. The number of aromatic nitrogens is 1. The zero-order valence-electron chi connectivity index (χ0n) is 13.0. The summed E-state index contributed by atoms with van der Waals surface area (Å²) in [6.07, 6.45) is -0.415. The highest BCUT2D eigenvalue weighted by atomic mass is 35.5. The van der Waals surface area contributed by atoms with E-state index in [0.29, 0.717) is 11.3 Å². The Balaban J connectivity index is 2.22. The third kappa shape index (κ3) is 4.32. The molecule has 1 heterocycles. The summed E-state index contributed by atoms with van der Waals surface area (Å²) in [4.78, 5) is 23.3. The van der Waals surface area contributed by atoms with Crippen molar-refractivity contribution in [1.82, 2.24) is 10.5 Å². The van der Waals surface area contributed by atoms with Crippen LogP contribution in [0, 0.1) is 5.82 Å². The zero-order valence-corrected chi connectivity index (χ0v) is 13.8. The molecule has 1 atom stereocenters. The van der Waals surface area contributed by atoms with Gasteiger partial charge in [-0.25, -0.2) is 4.39 Å². The van der Waals surface area contributed by atoms with Crippen LogP contribution < -0.4 is 5.32 Å². The van der Waals surface area contributed by atoms with Crippen LogP contribution in [0.1, 0.15) is 54.0 Å². The summed E-state index contributed by atoms with van der Waals surface area (Å²) < 4.78 is 18.7. The molecule has 0 bridgehead atoms. The minimum atomic E-state index is -1.14. The Morgan fingerprint density at radius 2 is 2.08 bits per heavy atom. The van der Waals surface area contributed by atoms with Crippen LogP contribution in [-0.4, -0.2) is 22.1 Å². The number of benzene rings is 1. The predicted octanol–water partition coefficient (Wildman–Crippen LogP) is 3.54. The van der Waals surface area contributed by atoms with Crippen LogP contribution in [0.15, 0.2) is 28.8 Å². The van der Waals surface area contributed by atoms with Crippen LogP contribution in [-0.2, 0) is 4.79 Å². The second-order valence-corrected chi connectivity index (χ2v) is 5.97. The summed E-state index contributed by atoms with van der Waals surface area (Å²) in [5.41, 5.74) is 0.323. The molecule has 6 nitrogen and oxygen atoms in total. The maximum atomic E-state index is 13.6. The van der Waals surface area contributed by atoms with Crippen LogP contribution in [0.2, 0.25) is 5.02 Å². The Hall–Kier alpha value is -2.41. The van der Waals surface area contributed by atoms with Crippen molar-refractivity contribution in [3.8, 4) is 0 Å². The summed E-state index contributed by atoms with van der Waals surface area (Å²) in [6, 6.07) is 4.42. The monoisotopic (exact) mass is 354 g/mol. The molecule has 0 fully saturated rings. The minimum Gasteiger partial charge on any atom is -0.481 e. The lowest BCUT2D eigenvalue weighted by atomic mass is 10.0. The van der Waals surface area contributed by atoms with Crippen LogP contribution >= 0.6 is 11.6 Å². The van der Waals surface area contributed by atoms with Crippen molar-refractivity contribution < 1.29 is 23.6 Å². The maximum absolute atomic E-state index is 13.6. The molecule has 0 spiro atoms. The van der Waals surface area contributed by atoms with Crippen molar-refractivity contribution in [1.29, 1.82) is 0 Å². The van der Waals surface area contributed by atoms with E-state index in [4.69, 9.17) is 21.2 Å². The molecule has 128 valence electrons. The number of hydrogen-bond donors (Lipinski definition) is 2. The van der Waals surface area contributed by atoms with Crippen LogP contribution in [0.25, 0.3) is 0 Å². The Labute approximate surface area is 142 Å². The molecule has 2 rings (SSSR count). The average Bonchev–Trinajstić information content (AvgIpc) is 2.99. The molecule has 0 saturated carbocycles. The van der Waals surface area contributed by atoms with Crippen molar-refractivity contribution >= 4 is 23.5 Å². The van der Waals surface area contributed by atoms with Gasteiger partial charge in [-0.15, -0.1) is 0 Å². The van der Waals surface area contributed by atoms with Crippen LogP contribution in [0.5, 0.6) is 0 Å². The highest BCUT2D eigenvalue weighted by Gasteiger charge is 2.22. The van der Waals surface area contributed by atoms with Gasteiger partial charge in [0.2, 0.25) is 0 Å². The second-order valence-electron chi connectivity index (χ2n) is 5.57. The lowest BCUT2D eigenvalue weighted by Gasteiger charge is -2.17. The Morgan fingerprint density at radius 1 is 1.38 bits per heavy atom. The van der Waals surface area contributed by atoms with E-state index in [1.807, 2.05) is 13.8 Å². The van der Waals surface area contributed by atoms with Gasteiger partial charge in [0.25, 0.3) is 5.91 Å². The van der Waals surface area contributed by atoms with Gasteiger partial charge >= 0.3 is 5.97 Å². The predicted molar refractivity (Wildman–Crippen MR) is 84.5 cm³/mol. The van der Waals surface area contributed by atoms with E-state index in [2.05, 4.69) is 10.5 Å². The summed E-state index contributed by atoms with van der Waals surface area (Å²) >= 11 is 5.62. The fourth-order valence-electron chi connectivity index (χ4n) is 2.06. The maximum Gasteiger partial charge on any atom is 0.305 e. The van der Waals surface area contributed by atoms with Gasteiger partial charge in [0.05, 0.1) is 17.5 Å². The number of carboxylic acid groups (broad SMARTS) is 1. The number of carboxylic acids is 1. The van der Waals surface area contributed by atoms with E-state index in [1.54, 1.807) is 0 Å². The van der Waals surface area contributed by atoms with E-state index >= 15 is 0 Å². The fourth-order valence-corrected chi connectivity index (χ4v) is 2.17. The Morgan fingerprint density at radius 3 is 2.62 bits per heavy atom. The molecule has 1 aromatic carbocycles. The molecular weight excluding hydrogens is 339 g/mol. The Kier molecular flexibility index (Phi) is 5.56. The molecule has 2 N–H and O–H groups in total. The highest BCUT2D eigenvalue weighted by Crippen LogP contribution is 2.23. The van der Waals surface area contributed by atoms with Crippen LogP contribution in [0.3, 0.4) is 0 Å². The van der Waals surface area contributed by atoms with Crippen molar-refractivity contribution in [3.63, 3.8) is 0 Å². The molecule has 1 amide bonds. The second kappa shape index (κ2) is 7.44. The number of carbonyl (C=O) groups excluding carboxylic acids is 1. The molecule has 2 aromatic rings. The number of hydrogen-bond acceptors (Lipinski definition) is 4. The van der Waals surface area contributed by atoms with Gasteiger partial charge in [-0.3, -0.25) is 9.59 Å². The van der Waals surface area contributed by atoms with Gasteiger partial charge in [0.15, 0.2) is 5.69 Å². The first-order valence-electron chi connectivity index (χ1n) is 7.22. The van der Waals surface area contributed by atoms with E-state index in [-0.39, 0.29) is 16.6 Å². The van der Waals surface area contributed by atoms with Gasteiger partial charge in [-0.05, 0) is 17.7 Å². The van der Waals surface area contributed by atoms with Gasteiger partial charge in [-0.1, -0.05) is 36.7 Å². The number of amides is 1. The molecule has 0 aliphatic rings. The molecule has 0 radical (unpaired) electrons. The number of nitrogens with zero attached hydrogens (tertiary/aromatic N) is 1. The standard InChI is InChI=1S/C16H16ClFN2O4/c1-8(2)14-6-13(20-24-14)16(23)19-12(7-15(21)22)9-3-4-10(17)11(18)5-9/h3-6,8,12H,7H2,1-2H3,(H,19,23)(H,21,22). The van der Waals surface area contributed by atoms with E-state index < -0.39 is 30.2 Å². The summed E-state index contributed by atoms with van der Waals surface area (Å²) in [7, 11) is 0. The van der Waals surface area contributed by atoms with E-state index in [0.717, 1.165) is 6.07 Å². The van der Waals surface area contributed by atoms with Gasteiger partial charge in [-0.2, -0.15) is 0 Å². The smallest absolute Gasteiger partial charge is 0.305 e. The fraction of sp³-hybridized carbons (Fsp3) is 0.312. The topological polar surface area (TPSA) is 92.4 Å². The van der Waals surface area contributed by atoms with Crippen molar-refractivity contribution in [2.75, 3.05) is 0 Å². The number of aliphatic carboxylic acids is 1. The molecule has 0 aliphatic carbocycles. The average molecular weight is 355 g/mol. The number of nitrogens with one attached hydrogen (secondary N) is 1. The minimum absolute atomic E-state index is 0.0310. The van der Waals surface area contributed by atoms with Crippen molar-refractivity contribution in [3.05, 3.63) is 52.1 Å². The molecule has 1 unspecified atom stereocenters. The first-order chi connectivity index (χ1) is 11.3. The number of carbonyl (C=O) groups is 2. The first kappa shape index (κ1) is 17.9. The Bertz CT molecular complexity index is 760. The molecule has 0 aliphatic heterocycles. The molecule has 8 heteroatoms. The van der Waals surface area contributed by atoms with Crippen LogP contribution in [0.4, 0.5) is 4.39 Å². The number of rotatable bonds is 6. The third-order valence-electron chi connectivity index (χ3n) is 3.36.